The molecule has 1 aromatic carbocycles. The highest BCUT2D eigenvalue weighted by molar-refractivity contribution is 7.99. The largest absolute Gasteiger partial charge is 0.325 e. The van der Waals surface area contributed by atoms with Crippen LogP contribution < -0.4 is 5.32 Å². The van der Waals surface area contributed by atoms with Gasteiger partial charge in [-0.1, -0.05) is 23.4 Å². The number of nitrogens with zero attached hydrogens (tertiary/aromatic N) is 5. The number of hydrogen-bond donors (Lipinski definition) is 1. The molecule has 0 unspecified atom stereocenters. The lowest BCUT2D eigenvalue weighted by Gasteiger charge is -2.04. The number of benzene rings is 1. The van der Waals surface area contributed by atoms with E-state index < -0.39 is 4.92 Å². The zero-order valence-corrected chi connectivity index (χ0v) is 15.3. The minimum absolute atomic E-state index is 0.00874. The van der Waals surface area contributed by atoms with E-state index in [0.29, 0.717) is 16.6 Å². The number of nitrogens with one attached hydrogen (secondary N) is 1. The molecule has 0 bridgehead atoms. The number of nitro groups is 1. The predicted molar refractivity (Wildman–Crippen MR) is 97.7 cm³/mol. The number of aromatic nitrogens is 4. The summed E-state index contributed by atoms with van der Waals surface area (Å²) in [6, 6.07) is 5.96. The molecule has 2 aromatic heterocycles. The summed E-state index contributed by atoms with van der Waals surface area (Å²) < 4.78 is 1.61. The van der Waals surface area contributed by atoms with Crippen molar-refractivity contribution >= 4 is 46.4 Å². The highest BCUT2D eigenvalue weighted by Crippen LogP contribution is 2.27. The maximum Gasteiger partial charge on any atom is 0.289 e. The second-order valence-electron chi connectivity index (χ2n) is 5.41. The Kier molecular flexibility index (Phi) is 5.05. The SMILES string of the molecule is Cc1cc(C)n2nc(SCC(=O)Nc3ccc(Cl)c([N+](=O)[O-])c3)nc2n1. The smallest absolute Gasteiger partial charge is 0.289 e. The van der Waals surface area contributed by atoms with Crippen LogP contribution in [0.5, 0.6) is 0 Å². The van der Waals surface area contributed by atoms with E-state index in [1.165, 1.54) is 18.2 Å². The molecular formula is C15H13ClN6O3S. The maximum absolute atomic E-state index is 12.1. The van der Waals surface area contributed by atoms with Gasteiger partial charge in [0.1, 0.15) is 5.02 Å². The van der Waals surface area contributed by atoms with Crippen LogP contribution in [0.4, 0.5) is 11.4 Å². The van der Waals surface area contributed by atoms with E-state index in [0.717, 1.165) is 23.1 Å². The van der Waals surface area contributed by atoms with Gasteiger partial charge in [-0.25, -0.2) is 9.50 Å². The van der Waals surface area contributed by atoms with Gasteiger partial charge in [0.05, 0.1) is 10.7 Å². The van der Waals surface area contributed by atoms with Gasteiger partial charge in [-0.2, -0.15) is 4.98 Å². The van der Waals surface area contributed by atoms with Gasteiger partial charge < -0.3 is 5.32 Å². The van der Waals surface area contributed by atoms with Gasteiger partial charge in [-0.05, 0) is 32.0 Å². The zero-order valence-electron chi connectivity index (χ0n) is 13.8. The Labute approximate surface area is 156 Å². The summed E-state index contributed by atoms with van der Waals surface area (Å²) in [6.07, 6.45) is 0. The van der Waals surface area contributed by atoms with Gasteiger partial charge in [0.25, 0.3) is 11.5 Å². The molecule has 3 aromatic rings. The number of rotatable bonds is 5. The van der Waals surface area contributed by atoms with Crippen LogP contribution in [0, 0.1) is 24.0 Å². The Bertz CT molecular complexity index is 1020. The molecule has 0 atom stereocenters. The molecule has 0 aliphatic rings. The molecule has 26 heavy (non-hydrogen) atoms. The molecule has 1 amide bonds. The quantitative estimate of drug-likeness (QED) is 0.403. The van der Waals surface area contributed by atoms with E-state index in [2.05, 4.69) is 20.4 Å². The number of hydrogen-bond acceptors (Lipinski definition) is 7. The Balaban J connectivity index is 1.67. The zero-order chi connectivity index (χ0) is 18.8. The van der Waals surface area contributed by atoms with E-state index in [1.54, 1.807) is 4.52 Å². The third-order valence-electron chi connectivity index (χ3n) is 3.36. The Morgan fingerprint density at radius 2 is 2.12 bits per heavy atom. The van der Waals surface area contributed by atoms with Gasteiger partial charge in [0, 0.05) is 23.1 Å². The normalized spacial score (nSPS) is 10.9. The minimum atomic E-state index is -0.607. The summed E-state index contributed by atoms with van der Waals surface area (Å²) in [5.74, 6) is 0.177. The van der Waals surface area contributed by atoms with Crippen LogP contribution >= 0.6 is 23.4 Å². The highest BCUT2D eigenvalue weighted by Gasteiger charge is 2.15. The fourth-order valence-electron chi connectivity index (χ4n) is 2.27. The molecule has 11 heteroatoms. The van der Waals surface area contributed by atoms with Crippen LogP contribution in [0.1, 0.15) is 11.4 Å². The van der Waals surface area contributed by atoms with Gasteiger partial charge in [-0.15, -0.1) is 5.10 Å². The number of fused-ring (bicyclic) bond motifs is 1. The lowest BCUT2D eigenvalue weighted by Crippen LogP contribution is -2.14. The summed E-state index contributed by atoms with van der Waals surface area (Å²) >= 11 is 6.89. The average Bonchev–Trinajstić information content (AvgIpc) is 2.98. The van der Waals surface area contributed by atoms with Gasteiger partial charge >= 0.3 is 0 Å². The second-order valence-corrected chi connectivity index (χ2v) is 6.75. The van der Waals surface area contributed by atoms with Crippen molar-refractivity contribution < 1.29 is 9.72 Å². The summed E-state index contributed by atoms with van der Waals surface area (Å²) in [6.45, 7) is 3.76. The lowest BCUT2D eigenvalue weighted by molar-refractivity contribution is -0.384. The van der Waals surface area contributed by atoms with Crippen LogP contribution in [0.3, 0.4) is 0 Å². The predicted octanol–water partition coefficient (Wildman–Crippen LogP) is 3.03. The summed E-state index contributed by atoms with van der Waals surface area (Å²) in [4.78, 5) is 30.9. The first-order valence-corrected chi connectivity index (χ1v) is 8.77. The topological polar surface area (TPSA) is 115 Å². The fourth-order valence-corrected chi connectivity index (χ4v) is 3.07. The molecule has 3 rings (SSSR count). The Morgan fingerprint density at radius 3 is 2.85 bits per heavy atom. The van der Waals surface area contributed by atoms with E-state index in [9.17, 15) is 14.9 Å². The Morgan fingerprint density at radius 1 is 1.35 bits per heavy atom. The van der Waals surface area contributed by atoms with E-state index in [4.69, 9.17) is 11.6 Å². The number of nitro benzene ring substituents is 1. The van der Waals surface area contributed by atoms with Crippen molar-refractivity contribution in [3.05, 3.63) is 50.8 Å². The summed E-state index contributed by atoms with van der Waals surface area (Å²) in [5.41, 5.74) is 1.75. The van der Waals surface area contributed by atoms with Crippen LogP contribution in [0.25, 0.3) is 5.78 Å². The third-order valence-corrected chi connectivity index (χ3v) is 4.52. The van der Waals surface area contributed by atoms with Crippen molar-refractivity contribution in [2.75, 3.05) is 11.1 Å². The number of aryl methyl sites for hydroxylation is 2. The highest BCUT2D eigenvalue weighted by atomic mass is 35.5. The molecular weight excluding hydrogens is 380 g/mol. The molecule has 0 radical (unpaired) electrons. The molecule has 0 saturated heterocycles. The van der Waals surface area contributed by atoms with Gasteiger partial charge in [-0.3, -0.25) is 14.9 Å². The minimum Gasteiger partial charge on any atom is -0.325 e. The number of carbonyl (C=O) groups is 1. The summed E-state index contributed by atoms with van der Waals surface area (Å²) in [7, 11) is 0. The number of thioether (sulfide) groups is 1. The second kappa shape index (κ2) is 7.26. The van der Waals surface area contributed by atoms with Crippen molar-refractivity contribution in [2.24, 2.45) is 0 Å². The van der Waals surface area contributed by atoms with Crippen LogP contribution in [-0.4, -0.2) is 36.2 Å². The molecule has 9 nitrogen and oxygen atoms in total. The molecule has 134 valence electrons. The maximum atomic E-state index is 12.1. The number of halogens is 1. The fraction of sp³-hybridized carbons (Fsp3) is 0.200. The molecule has 1 N–H and O–H groups in total. The van der Waals surface area contributed by atoms with E-state index >= 15 is 0 Å². The van der Waals surface area contributed by atoms with Crippen molar-refractivity contribution in [1.29, 1.82) is 0 Å². The van der Waals surface area contributed by atoms with Crippen molar-refractivity contribution in [3.63, 3.8) is 0 Å². The first-order chi connectivity index (χ1) is 12.3. The average molecular weight is 393 g/mol. The number of anilines is 1. The van der Waals surface area contributed by atoms with Crippen molar-refractivity contribution in [3.8, 4) is 0 Å². The molecule has 0 aliphatic carbocycles. The summed E-state index contributed by atoms with van der Waals surface area (Å²) in [5, 5.41) is 18.2. The molecule has 0 spiro atoms. The monoisotopic (exact) mass is 392 g/mol. The molecule has 2 heterocycles. The molecule has 0 fully saturated rings. The molecule has 0 aliphatic heterocycles. The lowest BCUT2D eigenvalue weighted by atomic mass is 10.3. The van der Waals surface area contributed by atoms with Crippen LogP contribution in [0.15, 0.2) is 29.4 Å². The number of amides is 1. The third kappa shape index (κ3) is 3.92. The van der Waals surface area contributed by atoms with E-state index in [-0.39, 0.29) is 22.4 Å². The molecule has 0 saturated carbocycles. The Hall–Kier alpha value is -2.72. The van der Waals surface area contributed by atoms with Crippen molar-refractivity contribution in [1.82, 2.24) is 19.6 Å². The number of carbonyl (C=O) groups excluding carboxylic acids is 1. The van der Waals surface area contributed by atoms with E-state index in [1.807, 2.05) is 19.9 Å². The standard InChI is InChI=1S/C15H13ClN6O3S/c1-8-5-9(2)21-14(17-8)19-15(20-21)26-7-13(23)18-10-3-4-11(16)12(6-10)22(24)25/h3-6H,7H2,1-2H3,(H,18,23). The van der Waals surface area contributed by atoms with Crippen LogP contribution in [0.2, 0.25) is 5.02 Å². The van der Waals surface area contributed by atoms with Gasteiger partial charge in [0.2, 0.25) is 11.1 Å². The van der Waals surface area contributed by atoms with Gasteiger partial charge in [0.15, 0.2) is 0 Å². The first-order valence-electron chi connectivity index (χ1n) is 7.41. The van der Waals surface area contributed by atoms with Crippen LogP contribution in [-0.2, 0) is 4.79 Å². The first kappa shape index (κ1) is 18.1. The van der Waals surface area contributed by atoms with Crippen molar-refractivity contribution in [2.45, 2.75) is 19.0 Å².